The summed E-state index contributed by atoms with van der Waals surface area (Å²) in [6, 6.07) is 6.05. The number of hydrogen-bond donors (Lipinski definition) is 2. The summed E-state index contributed by atoms with van der Waals surface area (Å²) in [4.78, 5) is 46.2. The topological polar surface area (TPSA) is 120 Å². The Kier molecular flexibility index (Phi) is 11.7. The first-order valence-corrected chi connectivity index (χ1v) is 19.6. The van der Waals surface area contributed by atoms with Crippen LogP contribution in [0.3, 0.4) is 0 Å². The molecule has 2 saturated carbocycles. The lowest BCUT2D eigenvalue weighted by Crippen LogP contribution is -2.49. The first-order chi connectivity index (χ1) is 22.8. The molecule has 1 aromatic heterocycles. The molecule has 2 aromatic rings. The Hall–Kier alpha value is -2.79. The summed E-state index contributed by atoms with van der Waals surface area (Å²) in [5.41, 5.74) is 1.57. The first kappa shape index (κ1) is 36.5. The summed E-state index contributed by atoms with van der Waals surface area (Å²) in [5, 5.41) is 0.704. The van der Waals surface area contributed by atoms with Crippen LogP contribution in [0.4, 0.5) is 4.39 Å². The molecule has 1 aliphatic heterocycles. The zero-order valence-electron chi connectivity index (χ0n) is 29.3. The van der Waals surface area contributed by atoms with Gasteiger partial charge >= 0.3 is 10.2 Å². The Morgan fingerprint density at radius 1 is 0.938 bits per heavy atom. The van der Waals surface area contributed by atoms with Gasteiger partial charge < -0.3 is 9.88 Å². The van der Waals surface area contributed by atoms with Gasteiger partial charge in [0.1, 0.15) is 5.69 Å². The van der Waals surface area contributed by atoms with Gasteiger partial charge in [0.25, 0.3) is 5.91 Å². The van der Waals surface area contributed by atoms with Crippen molar-refractivity contribution in [2.75, 3.05) is 13.2 Å². The van der Waals surface area contributed by atoms with E-state index in [0.717, 1.165) is 50.5 Å². The minimum atomic E-state index is -4.06. The highest BCUT2D eigenvalue weighted by molar-refractivity contribution is 7.87. The lowest BCUT2D eigenvalue weighted by atomic mass is 9.74. The van der Waals surface area contributed by atoms with Crippen LogP contribution in [0.2, 0.25) is 0 Å². The third kappa shape index (κ3) is 7.98. The lowest BCUT2D eigenvalue weighted by molar-refractivity contribution is -0.143. The molecule has 1 saturated heterocycles. The van der Waals surface area contributed by atoms with E-state index in [2.05, 4.69) is 9.71 Å². The number of ketones is 1. The molecule has 48 heavy (non-hydrogen) atoms. The molecule has 0 unspecified atom stereocenters. The summed E-state index contributed by atoms with van der Waals surface area (Å²) in [5.74, 6) is 0.237. The van der Waals surface area contributed by atoms with Gasteiger partial charge in [-0.3, -0.25) is 18.8 Å². The summed E-state index contributed by atoms with van der Waals surface area (Å²) < 4.78 is 42.7. The number of carbonyl (C=O) groups is 3. The smallest absolute Gasteiger partial charge is 0.304 e. The number of H-pyrrole nitrogens is 1. The molecular formula is C37H55FN4O5S. The Balaban J connectivity index is 1.32. The Morgan fingerprint density at radius 2 is 1.60 bits per heavy atom. The van der Waals surface area contributed by atoms with Gasteiger partial charge in [0.05, 0.1) is 12.7 Å². The van der Waals surface area contributed by atoms with E-state index in [1.54, 1.807) is 33.8 Å². The molecule has 2 amide bonds. The maximum atomic E-state index is 14.2. The van der Waals surface area contributed by atoms with Crippen molar-refractivity contribution < 1.29 is 27.2 Å². The number of halogens is 1. The molecule has 266 valence electrons. The summed E-state index contributed by atoms with van der Waals surface area (Å²) in [6.45, 7) is 9.28. The number of alkyl halides is 1. The molecule has 11 heteroatoms. The van der Waals surface area contributed by atoms with Gasteiger partial charge in [-0.25, -0.2) is 4.72 Å². The number of hydrogen-bond acceptors (Lipinski definition) is 5. The molecule has 2 N–H and O–H groups in total. The van der Waals surface area contributed by atoms with E-state index < -0.39 is 22.2 Å². The zero-order chi connectivity index (χ0) is 34.7. The molecule has 9 nitrogen and oxygen atoms in total. The van der Waals surface area contributed by atoms with E-state index in [1.807, 2.05) is 30.0 Å². The van der Waals surface area contributed by atoms with E-state index >= 15 is 0 Å². The third-order valence-electron chi connectivity index (χ3n) is 11.3. The van der Waals surface area contributed by atoms with Gasteiger partial charge in [-0.1, -0.05) is 45.1 Å². The molecule has 3 aliphatic rings. The SMILES string of the molecule is CC(C)N(C(C)C)S(=O)(=O)NC(=O)c1cc2cc(CC(=O)[C@@H]3[C@H](C4CCCCC4)CCN3C(=O)C3CCC([C@H](C)CF)CC3)ccc2[nH]1. The van der Waals surface area contributed by atoms with E-state index in [9.17, 15) is 27.2 Å². The number of fused-ring (bicyclic) bond motifs is 1. The number of aromatic amines is 1. The number of amides is 2. The van der Waals surface area contributed by atoms with Crippen LogP contribution in [-0.4, -0.2) is 71.5 Å². The number of Topliss-reactive ketones (excluding diaryl/α,β-unsaturated/α-hetero) is 1. The summed E-state index contributed by atoms with van der Waals surface area (Å²) >= 11 is 0. The third-order valence-corrected chi connectivity index (χ3v) is 13.1. The van der Waals surface area contributed by atoms with Crippen LogP contribution < -0.4 is 4.72 Å². The number of likely N-dealkylation sites (tertiary alicyclic amines) is 1. The average Bonchev–Trinajstić information content (AvgIpc) is 3.69. The van der Waals surface area contributed by atoms with Gasteiger partial charge in [-0.05, 0) is 107 Å². The van der Waals surface area contributed by atoms with Crippen molar-refractivity contribution in [2.45, 2.75) is 123 Å². The molecule has 3 fully saturated rings. The average molecular weight is 687 g/mol. The lowest BCUT2D eigenvalue weighted by Gasteiger charge is -2.37. The fourth-order valence-corrected chi connectivity index (χ4v) is 10.5. The molecule has 2 aliphatic carbocycles. The number of carbonyl (C=O) groups excluding carboxylic acids is 3. The van der Waals surface area contributed by atoms with Gasteiger partial charge in [0.2, 0.25) is 5.91 Å². The number of nitrogens with zero attached hydrogens (tertiary/aromatic N) is 2. The van der Waals surface area contributed by atoms with Crippen molar-refractivity contribution in [1.82, 2.24) is 18.9 Å². The second-order valence-electron chi connectivity index (χ2n) is 15.3. The maximum Gasteiger partial charge on any atom is 0.304 e. The van der Waals surface area contributed by atoms with E-state index in [-0.39, 0.29) is 60.3 Å². The van der Waals surface area contributed by atoms with Crippen LogP contribution in [-0.2, 0) is 26.2 Å². The minimum Gasteiger partial charge on any atom is -0.350 e. The fourth-order valence-electron chi connectivity index (χ4n) is 8.92. The number of rotatable bonds is 12. The molecule has 0 bridgehead atoms. The van der Waals surface area contributed by atoms with Gasteiger partial charge in [0, 0.05) is 41.9 Å². The zero-order valence-corrected chi connectivity index (χ0v) is 30.2. The molecule has 1 aromatic carbocycles. The van der Waals surface area contributed by atoms with Crippen molar-refractivity contribution in [2.24, 2.45) is 29.6 Å². The Morgan fingerprint density at radius 3 is 2.23 bits per heavy atom. The molecule has 0 radical (unpaired) electrons. The molecule has 5 rings (SSSR count). The van der Waals surface area contributed by atoms with Crippen LogP contribution in [0.1, 0.15) is 115 Å². The first-order valence-electron chi connectivity index (χ1n) is 18.2. The van der Waals surface area contributed by atoms with E-state index in [0.29, 0.717) is 29.3 Å². The highest BCUT2D eigenvalue weighted by Gasteiger charge is 2.46. The quantitative estimate of drug-likeness (QED) is 0.261. The van der Waals surface area contributed by atoms with Crippen molar-refractivity contribution in [3.8, 4) is 0 Å². The Bertz CT molecular complexity index is 1550. The van der Waals surface area contributed by atoms with Gasteiger partial charge in [-0.2, -0.15) is 12.7 Å². The van der Waals surface area contributed by atoms with E-state index in [1.165, 1.54) is 23.6 Å². The highest BCUT2D eigenvalue weighted by Crippen LogP contribution is 2.42. The van der Waals surface area contributed by atoms with Gasteiger partial charge in [0.15, 0.2) is 5.78 Å². The Labute approximate surface area is 286 Å². The molecule has 0 spiro atoms. The van der Waals surface area contributed by atoms with Crippen molar-refractivity contribution in [3.63, 3.8) is 0 Å². The minimum absolute atomic E-state index is 0.0221. The van der Waals surface area contributed by atoms with Crippen LogP contribution in [0, 0.1) is 29.6 Å². The predicted molar refractivity (Wildman–Crippen MR) is 186 cm³/mol. The number of benzene rings is 1. The summed E-state index contributed by atoms with van der Waals surface area (Å²) in [7, 11) is -4.06. The second kappa shape index (κ2) is 15.4. The van der Waals surface area contributed by atoms with Crippen molar-refractivity contribution in [1.29, 1.82) is 0 Å². The predicted octanol–water partition coefficient (Wildman–Crippen LogP) is 6.58. The summed E-state index contributed by atoms with van der Waals surface area (Å²) in [6.07, 6.45) is 10.0. The van der Waals surface area contributed by atoms with Crippen LogP contribution in [0.25, 0.3) is 10.9 Å². The second-order valence-corrected chi connectivity index (χ2v) is 16.8. The van der Waals surface area contributed by atoms with Crippen LogP contribution in [0.15, 0.2) is 24.3 Å². The van der Waals surface area contributed by atoms with Crippen molar-refractivity contribution >= 4 is 38.7 Å². The van der Waals surface area contributed by atoms with Gasteiger partial charge in [-0.15, -0.1) is 0 Å². The normalized spacial score (nSPS) is 24.9. The van der Waals surface area contributed by atoms with E-state index in [4.69, 9.17) is 0 Å². The standard InChI is InChI=1S/C37H55FN4O5S/c1-23(2)42(24(3)4)48(46,47)40-36(44)33-21-30-19-26(11-16-32(30)39-33)20-34(43)35-31(28-9-7-6-8-10-28)17-18-41(35)37(45)29-14-12-27(13-15-29)25(5)22-38/h11,16,19,21,23-25,27-29,31,35,39H,6-10,12-15,17-18,20,22H2,1-5H3,(H,40,44)/t25-,27?,29?,31+,35+/m1/s1. The molecule has 2 heterocycles. The monoisotopic (exact) mass is 686 g/mol. The number of aromatic nitrogens is 1. The highest BCUT2D eigenvalue weighted by atomic mass is 32.2. The van der Waals surface area contributed by atoms with Crippen LogP contribution >= 0.6 is 0 Å². The molecular weight excluding hydrogens is 631 g/mol. The van der Waals surface area contributed by atoms with Crippen molar-refractivity contribution in [3.05, 3.63) is 35.5 Å². The number of nitrogens with one attached hydrogen (secondary N) is 2. The molecule has 3 atom stereocenters. The fraction of sp³-hybridized carbons (Fsp3) is 0.703. The van der Waals surface area contributed by atoms with Crippen LogP contribution in [0.5, 0.6) is 0 Å². The largest absolute Gasteiger partial charge is 0.350 e. The maximum absolute atomic E-state index is 14.2.